The fourth-order valence-electron chi connectivity index (χ4n) is 1.55. The van der Waals surface area contributed by atoms with Crippen LogP contribution in [0.4, 0.5) is 0 Å². The SMILES string of the molecule is O=C(O)/C=C/c1cccc(C(=O)NCc2cncs2)c1. The zero-order valence-electron chi connectivity index (χ0n) is 10.4. The maximum atomic E-state index is 12.0. The van der Waals surface area contributed by atoms with Gasteiger partial charge in [-0.2, -0.15) is 0 Å². The van der Waals surface area contributed by atoms with Crippen molar-refractivity contribution in [3.05, 3.63) is 58.1 Å². The summed E-state index contributed by atoms with van der Waals surface area (Å²) in [5.41, 5.74) is 2.86. The van der Waals surface area contributed by atoms with Crippen LogP contribution in [-0.4, -0.2) is 22.0 Å². The molecule has 0 fully saturated rings. The normalized spacial score (nSPS) is 10.6. The number of hydrogen-bond acceptors (Lipinski definition) is 4. The summed E-state index contributed by atoms with van der Waals surface area (Å²) in [6, 6.07) is 6.77. The Morgan fingerprint density at radius 1 is 1.40 bits per heavy atom. The molecule has 20 heavy (non-hydrogen) atoms. The van der Waals surface area contributed by atoms with Crippen LogP contribution in [0.5, 0.6) is 0 Å². The topological polar surface area (TPSA) is 79.3 Å². The van der Waals surface area contributed by atoms with Gasteiger partial charge < -0.3 is 10.4 Å². The molecule has 0 spiro atoms. The van der Waals surface area contributed by atoms with Gasteiger partial charge in [-0.05, 0) is 23.8 Å². The summed E-state index contributed by atoms with van der Waals surface area (Å²) in [6.07, 6.45) is 4.19. The van der Waals surface area contributed by atoms with Crippen molar-refractivity contribution in [1.82, 2.24) is 10.3 Å². The van der Waals surface area contributed by atoms with Crippen LogP contribution in [0.2, 0.25) is 0 Å². The number of carboxylic acids is 1. The van der Waals surface area contributed by atoms with Crippen molar-refractivity contribution in [2.75, 3.05) is 0 Å². The Hall–Kier alpha value is -2.47. The van der Waals surface area contributed by atoms with E-state index in [0.717, 1.165) is 11.0 Å². The van der Waals surface area contributed by atoms with Crippen LogP contribution in [0.1, 0.15) is 20.8 Å². The molecule has 0 aliphatic rings. The summed E-state index contributed by atoms with van der Waals surface area (Å²) < 4.78 is 0. The first-order valence-electron chi connectivity index (χ1n) is 5.82. The molecule has 102 valence electrons. The first-order chi connectivity index (χ1) is 9.65. The Morgan fingerprint density at radius 2 is 2.25 bits per heavy atom. The molecule has 1 amide bonds. The number of aliphatic carboxylic acids is 1. The number of hydrogen-bond donors (Lipinski definition) is 2. The molecule has 2 N–H and O–H groups in total. The molecule has 5 nitrogen and oxygen atoms in total. The summed E-state index contributed by atoms with van der Waals surface area (Å²) in [4.78, 5) is 27.3. The molecule has 0 bridgehead atoms. The number of aromatic nitrogens is 1. The van der Waals surface area contributed by atoms with Gasteiger partial charge in [0, 0.05) is 22.7 Å². The van der Waals surface area contributed by atoms with E-state index in [1.165, 1.54) is 17.4 Å². The molecule has 2 rings (SSSR count). The second-order valence-corrected chi connectivity index (χ2v) is 4.92. The minimum atomic E-state index is -1.02. The smallest absolute Gasteiger partial charge is 0.328 e. The van der Waals surface area contributed by atoms with Crippen LogP contribution in [0.3, 0.4) is 0 Å². The van der Waals surface area contributed by atoms with E-state index in [4.69, 9.17) is 5.11 Å². The largest absolute Gasteiger partial charge is 0.478 e. The molecular formula is C14H12N2O3S. The van der Waals surface area contributed by atoms with Crippen LogP contribution >= 0.6 is 11.3 Å². The quantitative estimate of drug-likeness (QED) is 0.826. The van der Waals surface area contributed by atoms with E-state index in [-0.39, 0.29) is 5.91 Å². The standard InChI is InChI=1S/C14H12N2O3S/c17-13(18)5-4-10-2-1-3-11(6-10)14(19)16-8-12-7-15-9-20-12/h1-7,9H,8H2,(H,16,19)(H,17,18)/b5-4+. The molecule has 0 unspecified atom stereocenters. The van der Waals surface area contributed by atoms with Crippen molar-refractivity contribution >= 4 is 29.3 Å². The molecule has 1 aromatic carbocycles. The fourth-order valence-corrected chi connectivity index (χ4v) is 2.08. The summed E-state index contributed by atoms with van der Waals surface area (Å²) in [5.74, 6) is -1.23. The number of nitrogens with one attached hydrogen (secondary N) is 1. The van der Waals surface area contributed by atoms with Gasteiger partial charge in [-0.15, -0.1) is 11.3 Å². The second kappa shape index (κ2) is 6.63. The second-order valence-electron chi connectivity index (χ2n) is 3.95. The Morgan fingerprint density at radius 3 is 2.95 bits per heavy atom. The summed E-state index contributed by atoms with van der Waals surface area (Å²) in [5, 5.41) is 11.4. The lowest BCUT2D eigenvalue weighted by Crippen LogP contribution is -2.22. The summed E-state index contributed by atoms with van der Waals surface area (Å²) in [7, 11) is 0. The maximum absolute atomic E-state index is 12.0. The highest BCUT2D eigenvalue weighted by Gasteiger charge is 2.06. The molecule has 6 heteroatoms. The number of carbonyl (C=O) groups is 2. The van der Waals surface area contributed by atoms with Gasteiger partial charge in [0.1, 0.15) is 0 Å². The van der Waals surface area contributed by atoms with E-state index in [0.29, 0.717) is 17.7 Å². The van der Waals surface area contributed by atoms with Crippen LogP contribution in [0.25, 0.3) is 6.08 Å². The minimum Gasteiger partial charge on any atom is -0.478 e. The zero-order valence-corrected chi connectivity index (χ0v) is 11.3. The minimum absolute atomic E-state index is 0.205. The lowest BCUT2D eigenvalue weighted by Gasteiger charge is -2.04. The molecule has 0 saturated heterocycles. The lowest BCUT2D eigenvalue weighted by atomic mass is 10.1. The lowest BCUT2D eigenvalue weighted by molar-refractivity contribution is -0.131. The van der Waals surface area contributed by atoms with Gasteiger partial charge in [0.15, 0.2) is 0 Å². The van der Waals surface area contributed by atoms with Gasteiger partial charge >= 0.3 is 5.97 Å². The van der Waals surface area contributed by atoms with Crippen molar-refractivity contribution in [2.24, 2.45) is 0 Å². The third kappa shape index (κ3) is 4.03. The number of nitrogens with zero attached hydrogens (tertiary/aromatic N) is 1. The van der Waals surface area contributed by atoms with Crippen molar-refractivity contribution in [2.45, 2.75) is 6.54 Å². The monoisotopic (exact) mass is 288 g/mol. The van der Waals surface area contributed by atoms with Gasteiger partial charge in [-0.3, -0.25) is 9.78 Å². The highest BCUT2D eigenvalue weighted by molar-refractivity contribution is 7.09. The fraction of sp³-hybridized carbons (Fsp3) is 0.0714. The Bertz CT molecular complexity index is 636. The number of benzene rings is 1. The summed E-state index contributed by atoms with van der Waals surface area (Å²) in [6.45, 7) is 0.429. The van der Waals surface area contributed by atoms with Gasteiger partial charge in [0.05, 0.1) is 12.1 Å². The van der Waals surface area contributed by atoms with E-state index in [1.54, 1.807) is 36.0 Å². The first-order valence-corrected chi connectivity index (χ1v) is 6.70. The van der Waals surface area contributed by atoms with Crippen molar-refractivity contribution < 1.29 is 14.7 Å². The van der Waals surface area contributed by atoms with E-state index < -0.39 is 5.97 Å². The van der Waals surface area contributed by atoms with E-state index in [1.807, 2.05) is 0 Å². The third-order valence-electron chi connectivity index (χ3n) is 2.47. The number of amides is 1. The van der Waals surface area contributed by atoms with E-state index >= 15 is 0 Å². The molecule has 2 aromatic rings. The van der Waals surface area contributed by atoms with E-state index in [2.05, 4.69) is 10.3 Å². The highest BCUT2D eigenvalue weighted by Crippen LogP contribution is 2.09. The predicted molar refractivity (Wildman–Crippen MR) is 76.4 cm³/mol. The van der Waals surface area contributed by atoms with Crippen LogP contribution in [-0.2, 0) is 11.3 Å². The van der Waals surface area contributed by atoms with Crippen molar-refractivity contribution in [3.63, 3.8) is 0 Å². The van der Waals surface area contributed by atoms with Crippen LogP contribution < -0.4 is 5.32 Å². The molecule has 0 saturated carbocycles. The number of rotatable bonds is 5. The molecule has 0 aliphatic carbocycles. The summed E-state index contributed by atoms with van der Waals surface area (Å²) >= 11 is 1.47. The maximum Gasteiger partial charge on any atom is 0.328 e. The van der Waals surface area contributed by atoms with Gasteiger partial charge in [0.25, 0.3) is 5.91 Å². The molecule has 1 aromatic heterocycles. The van der Waals surface area contributed by atoms with Gasteiger partial charge in [-0.25, -0.2) is 4.79 Å². The molecular weight excluding hydrogens is 276 g/mol. The first kappa shape index (κ1) is 14.0. The van der Waals surface area contributed by atoms with Gasteiger partial charge in [0.2, 0.25) is 0 Å². The van der Waals surface area contributed by atoms with E-state index in [9.17, 15) is 9.59 Å². The zero-order chi connectivity index (χ0) is 14.4. The number of carboxylic acid groups (broad SMARTS) is 1. The highest BCUT2D eigenvalue weighted by atomic mass is 32.1. The average molecular weight is 288 g/mol. The molecule has 0 radical (unpaired) electrons. The molecule has 0 aliphatic heterocycles. The Labute approximate surface area is 119 Å². The molecule has 1 heterocycles. The average Bonchev–Trinajstić information content (AvgIpc) is 2.96. The molecule has 0 atom stereocenters. The number of carbonyl (C=O) groups excluding carboxylic acids is 1. The Kier molecular flexibility index (Phi) is 4.62. The van der Waals surface area contributed by atoms with Crippen LogP contribution in [0.15, 0.2) is 42.0 Å². The van der Waals surface area contributed by atoms with Gasteiger partial charge in [-0.1, -0.05) is 12.1 Å². The predicted octanol–water partition coefficient (Wildman–Crippen LogP) is 2.17. The van der Waals surface area contributed by atoms with Crippen LogP contribution in [0, 0.1) is 0 Å². The van der Waals surface area contributed by atoms with Crippen molar-refractivity contribution in [1.29, 1.82) is 0 Å². The third-order valence-corrected chi connectivity index (χ3v) is 3.25. The number of thiazole rings is 1. The Balaban J connectivity index is 2.02. The van der Waals surface area contributed by atoms with Crippen molar-refractivity contribution in [3.8, 4) is 0 Å².